The Morgan fingerprint density at radius 1 is 1.18 bits per heavy atom. The van der Waals surface area contributed by atoms with Crippen LogP contribution in [0.2, 0.25) is 0 Å². The molecule has 3 atom stereocenters. The summed E-state index contributed by atoms with van der Waals surface area (Å²) in [5, 5.41) is 10.9. The van der Waals surface area contributed by atoms with Gasteiger partial charge in [-0.25, -0.2) is 4.39 Å². The van der Waals surface area contributed by atoms with Crippen molar-refractivity contribution in [3.8, 4) is 5.75 Å². The normalized spacial score (nSPS) is 19.9. The molecule has 2 heterocycles. The zero-order valence-electron chi connectivity index (χ0n) is 19.9. The quantitative estimate of drug-likeness (QED) is 0.262. The topological polar surface area (TPSA) is 45.6 Å². The number of piperidine rings is 1. The van der Waals surface area contributed by atoms with Gasteiger partial charge in [0.15, 0.2) is 0 Å². The highest BCUT2D eigenvalue weighted by molar-refractivity contribution is 7.99. The van der Waals surface area contributed by atoms with E-state index in [1.54, 1.807) is 19.4 Å². The van der Waals surface area contributed by atoms with Crippen LogP contribution in [0.3, 0.4) is 0 Å². The van der Waals surface area contributed by atoms with Crippen molar-refractivity contribution >= 4 is 22.7 Å². The van der Waals surface area contributed by atoms with Gasteiger partial charge in [-0.1, -0.05) is 18.2 Å². The van der Waals surface area contributed by atoms with Crippen LogP contribution >= 0.6 is 11.8 Å². The zero-order chi connectivity index (χ0) is 23.8. The average Bonchev–Trinajstić information content (AvgIpc) is 2.89. The Morgan fingerprint density at radius 2 is 2.03 bits per heavy atom. The Hall–Kier alpha value is -2.15. The van der Waals surface area contributed by atoms with Crippen LogP contribution in [0.1, 0.15) is 37.4 Å². The third-order valence-corrected chi connectivity index (χ3v) is 8.05. The van der Waals surface area contributed by atoms with Gasteiger partial charge < -0.3 is 14.7 Å². The summed E-state index contributed by atoms with van der Waals surface area (Å²) < 4.78 is 20.7. The van der Waals surface area contributed by atoms with E-state index >= 15 is 4.39 Å². The van der Waals surface area contributed by atoms with Gasteiger partial charge in [0.1, 0.15) is 11.9 Å². The zero-order valence-corrected chi connectivity index (χ0v) is 20.7. The summed E-state index contributed by atoms with van der Waals surface area (Å²) in [6, 6.07) is 17.9. The van der Waals surface area contributed by atoms with Gasteiger partial charge in [-0.2, -0.15) is 0 Å². The van der Waals surface area contributed by atoms with Crippen molar-refractivity contribution in [1.82, 2.24) is 9.88 Å². The highest BCUT2D eigenvalue weighted by atomic mass is 32.2. The molecule has 34 heavy (non-hydrogen) atoms. The van der Waals surface area contributed by atoms with Crippen molar-refractivity contribution < 1.29 is 14.2 Å². The molecule has 4 nitrogen and oxygen atoms in total. The Morgan fingerprint density at radius 3 is 2.82 bits per heavy atom. The van der Waals surface area contributed by atoms with Crippen LogP contribution in [0.5, 0.6) is 5.75 Å². The standard InChI is InChI=1S/C28H35FN2O2S/c1-33-23-9-11-28-26(18-23)25(12-14-30-28)27(29)10-8-21-13-16-31(19-22(21)20-32)15-5-17-34-24-6-3-2-4-7-24/h2-4,6-7,9,11-12,14,18,21-22,27,32H,5,8,10,13,15-17,19-20H2,1H3/t21-,22-,27+/m1/s1. The van der Waals surface area contributed by atoms with Crippen LogP contribution in [0.25, 0.3) is 10.9 Å². The van der Waals surface area contributed by atoms with Crippen LogP contribution < -0.4 is 4.74 Å². The molecule has 0 aliphatic carbocycles. The molecule has 3 aromatic rings. The number of alkyl halides is 1. The average molecular weight is 483 g/mol. The van der Waals surface area contributed by atoms with E-state index in [9.17, 15) is 5.11 Å². The maximum atomic E-state index is 15.4. The summed E-state index contributed by atoms with van der Waals surface area (Å²) in [4.78, 5) is 8.15. The first-order chi connectivity index (χ1) is 16.7. The van der Waals surface area contributed by atoms with Crippen molar-refractivity contribution in [1.29, 1.82) is 0 Å². The molecule has 1 aliphatic heterocycles. The number of nitrogens with zero attached hydrogens (tertiary/aromatic N) is 2. The van der Waals surface area contributed by atoms with E-state index in [0.717, 1.165) is 55.6 Å². The van der Waals surface area contributed by atoms with E-state index in [1.165, 1.54) is 4.90 Å². The smallest absolute Gasteiger partial charge is 0.126 e. The Balaban J connectivity index is 1.26. The van der Waals surface area contributed by atoms with E-state index in [4.69, 9.17) is 4.74 Å². The predicted molar refractivity (Wildman–Crippen MR) is 138 cm³/mol. The monoisotopic (exact) mass is 482 g/mol. The molecule has 1 saturated heterocycles. The number of benzene rings is 2. The molecule has 0 saturated carbocycles. The highest BCUT2D eigenvalue weighted by Gasteiger charge is 2.29. The fraction of sp³-hybridized carbons (Fsp3) is 0.464. The van der Waals surface area contributed by atoms with Crippen LogP contribution in [0.4, 0.5) is 4.39 Å². The van der Waals surface area contributed by atoms with Gasteiger partial charge in [-0.3, -0.25) is 4.98 Å². The lowest BCUT2D eigenvalue weighted by molar-refractivity contribution is 0.0640. The van der Waals surface area contributed by atoms with Gasteiger partial charge in [-0.05, 0) is 98.3 Å². The summed E-state index contributed by atoms with van der Waals surface area (Å²) in [6.45, 7) is 3.17. The number of hydrogen-bond donors (Lipinski definition) is 1. The van der Waals surface area contributed by atoms with E-state index in [1.807, 2.05) is 36.0 Å². The summed E-state index contributed by atoms with van der Waals surface area (Å²) >= 11 is 1.90. The molecule has 0 bridgehead atoms. The van der Waals surface area contributed by atoms with Crippen molar-refractivity contribution in [3.63, 3.8) is 0 Å². The molecule has 2 aromatic carbocycles. The van der Waals surface area contributed by atoms with Crippen molar-refractivity contribution in [2.24, 2.45) is 11.8 Å². The number of aromatic nitrogens is 1. The number of methoxy groups -OCH3 is 1. The molecule has 1 N–H and O–H groups in total. The minimum Gasteiger partial charge on any atom is -0.497 e. The lowest BCUT2D eigenvalue weighted by atomic mass is 9.81. The molecule has 0 spiro atoms. The summed E-state index contributed by atoms with van der Waals surface area (Å²) in [5.41, 5.74) is 1.46. The maximum Gasteiger partial charge on any atom is 0.126 e. The molecule has 4 rings (SSSR count). The molecular weight excluding hydrogens is 447 g/mol. The van der Waals surface area contributed by atoms with Crippen molar-refractivity contribution in [2.45, 2.75) is 36.8 Å². The number of rotatable bonds is 11. The molecule has 0 radical (unpaired) electrons. The summed E-state index contributed by atoms with van der Waals surface area (Å²) in [6.07, 6.45) is 4.04. The second kappa shape index (κ2) is 12.5. The Bertz CT molecular complexity index is 1040. The fourth-order valence-electron chi connectivity index (χ4n) is 5.00. The molecule has 0 unspecified atom stereocenters. The number of aliphatic hydroxyl groups excluding tert-OH is 1. The van der Waals surface area contributed by atoms with E-state index in [0.29, 0.717) is 23.7 Å². The van der Waals surface area contributed by atoms with Gasteiger partial charge in [0.2, 0.25) is 0 Å². The Labute approximate surface area is 206 Å². The third kappa shape index (κ3) is 6.49. The van der Waals surface area contributed by atoms with Crippen LogP contribution in [-0.2, 0) is 0 Å². The van der Waals surface area contributed by atoms with E-state index < -0.39 is 6.17 Å². The second-order valence-corrected chi connectivity index (χ2v) is 10.3. The van der Waals surface area contributed by atoms with Crippen molar-refractivity contribution in [3.05, 3.63) is 66.4 Å². The Kier molecular flexibility index (Phi) is 9.19. The minimum atomic E-state index is -1.05. The number of ether oxygens (including phenoxy) is 1. The van der Waals surface area contributed by atoms with E-state index in [-0.39, 0.29) is 12.5 Å². The molecule has 1 aliphatic rings. The number of hydrogen-bond acceptors (Lipinski definition) is 5. The first-order valence-corrected chi connectivity index (χ1v) is 13.2. The minimum absolute atomic E-state index is 0.173. The van der Waals surface area contributed by atoms with E-state index in [2.05, 4.69) is 34.1 Å². The molecule has 1 fully saturated rings. The molecule has 182 valence electrons. The molecule has 0 amide bonds. The largest absolute Gasteiger partial charge is 0.497 e. The molecular formula is C28H35FN2O2S. The summed E-state index contributed by atoms with van der Waals surface area (Å²) in [7, 11) is 1.62. The number of aliphatic hydroxyl groups is 1. The number of halogens is 1. The van der Waals surface area contributed by atoms with Crippen molar-refractivity contribution in [2.75, 3.05) is 39.1 Å². The number of pyridine rings is 1. The second-order valence-electron chi connectivity index (χ2n) is 9.14. The first kappa shape index (κ1) is 25.0. The van der Waals surface area contributed by atoms with Gasteiger partial charge in [0.05, 0.1) is 12.6 Å². The first-order valence-electron chi connectivity index (χ1n) is 12.3. The number of likely N-dealkylation sites (tertiary alicyclic amines) is 1. The highest BCUT2D eigenvalue weighted by Crippen LogP contribution is 2.35. The molecule has 1 aromatic heterocycles. The van der Waals surface area contributed by atoms with Gasteiger partial charge in [-0.15, -0.1) is 11.8 Å². The fourth-order valence-corrected chi connectivity index (χ4v) is 5.86. The third-order valence-electron chi connectivity index (χ3n) is 6.95. The summed E-state index contributed by atoms with van der Waals surface area (Å²) in [5.74, 6) is 2.39. The lowest BCUT2D eigenvalue weighted by Gasteiger charge is -2.38. The lowest BCUT2D eigenvalue weighted by Crippen LogP contribution is -2.42. The maximum absolute atomic E-state index is 15.4. The van der Waals surface area contributed by atoms with Gasteiger partial charge in [0, 0.05) is 29.6 Å². The molecule has 6 heteroatoms. The van der Waals surface area contributed by atoms with Crippen LogP contribution in [0.15, 0.2) is 65.7 Å². The number of fused-ring (bicyclic) bond motifs is 1. The SMILES string of the molecule is COc1ccc2nccc([C@@H](F)CC[C@@H]3CCN(CCCSc4ccccc4)C[C@@H]3CO)c2c1. The van der Waals surface area contributed by atoms with Crippen LogP contribution in [-0.4, -0.2) is 54.1 Å². The van der Waals surface area contributed by atoms with Gasteiger partial charge in [0.25, 0.3) is 0 Å². The van der Waals surface area contributed by atoms with Crippen LogP contribution in [0, 0.1) is 11.8 Å². The number of thioether (sulfide) groups is 1. The van der Waals surface area contributed by atoms with Gasteiger partial charge >= 0.3 is 0 Å². The predicted octanol–water partition coefficient (Wildman–Crippen LogP) is 6.15.